The lowest BCUT2D eigenvalue weighted by atomic mass is 9.95. The van der Waals surface area contributed by atoms with Gasteiger partial charge in [0.15, 0.2) is 0 Å². The molecule has 136 valence electrons. The van der Waals surface area contributed by atoms with Gasteiger partial charge in [-0.3, -0.25) is 9.48 Å². The second-order valence-corrected chi connectivity index (χ2v) is 8.26. The minimum Gasteiger partial charge on any atom is -0.338 e. The Balaban J connectivity index is 1.61. The third kappa shape index (κ3) is 3.28. The van der Waals surface area contributed by atoms with E-state index in [2.05, 4.69) is 24.2 Å². The summed E-state index contributed by atoms with van der Waals surface area (Å²) in [6, 6.07) is 12.4. The van der Waals surface area contributed by atoms with Crippen LogP contribution in [0.3, 0.4) is 0 Å². The number of rotatable bonds is 4. The lowest BCUT2D eigenvalue weighted by Crippen LogP contribution is -2.39. The fourth-order valence-corrected chi connectivity index (χ4v) is 4.95. The average Bonchev–Trinajstić information content (AvgIpc) is 3.23. The second-order valence-electron chi connectivity index (χ2n) is 7.23. The number of aryl methyl sites for hydroxylation is 1. The fourth-order valence-electron chi connectivity index (χ4n) is 3.82. The number of benzene rings is 1. The first-order valence-electron chi connectivity index (χ1n) is 9.46. The molecule has 1 unspecified atom stereocenters. The highest BCUT2D eigenvalue weighted by Crippen LogP contribution is 2.31. The number of carbonyl (C=O) groups excluding carboxylic acids is 1. The van der Waals surface area contributed by atoms with Crippen molar-refractivity contribution in [2.75, 3.05) is 13.1 Å². The Morgan fingerprint density at radius 1 is 1.31 bits per heavy atom. The van der Waals surface area contributed by atoms with Crippen LogP contribution in [0.4, 0.5) is 0 Å². The van der Waals surface area contributed by atoms with Gasteiger partial charge in [0.05, 0.1) is 17.1 Å². The van der Waals surface area contributed by atoms with E-state index in [0.29, 0.717) is 5.92 Å². The number of hydrogen-bond donors (Lipinski definition) is 0. The van der Waals surface area contributed by atoms with Crippen molar-refractivity contribution in [1.82, 2.24) is 14.7 Å². The summed E-state index contributed by atoms with van der Waals surface area (Å²) in [5.74, 6) is 0.840. The summed E-state index contributed by atoms with van der Waals surface area (Å²) in [5.41, 5.74) is 2.22. The molecule has 0 bridgehead atoms. The first-order valence-corrected chi connectivity index (χ1v) is 10.3. The summed E-state index contributed by atoms with van der Waals surface area (Å²) < 4.78 is 2.03. The standard InChI is InChI=1S/C21H25N3OS/c1-3-16-10-7-11-23(13-16)20(25)19-12-18-15(2)22-24(21(18)26-19)14-17-8-5-4-6-9-17/h4-6,8-9,12,16H,3,7,10-11,13-14H2,1-2H3. The molecule has 2 aromatic heterocycles. The zero-order valence-corrected chi connectivity index (χ0v) is 16.3. The molecule has 1 atom stereocenters. The van der Waals surface area contributed by atoms with Crippen molar-refractivity contribution < 1.29 is 4.79 Å². The largest absolute Gasteiger partial charge is 0.338 e. The molecule has 3 aromatic rings. The second kappa shape index (κ2) is 7.23. The zero-order valence-electron chi connectivity index (χ0n) is 15.4. The molecule has 5 heteroatoms. The van der Waals surface area contributed by atoms with E-state index in [-0.39, 0.29) is 5.91 Å². The van der Waals surface area contributed by atoms with E-state index in [4.69, 9.17) is 0 Å². The molecule has 26 heavy (non-hydrogen) atoms. The van der Waals surface area contributed by atoms with Crippen LogP contribution < -0.4 is 0 Å². The van der Waals surface area contributed by atoms with Gasteiger partial charge in [-0.05, 0) is 37.3 Å². The maximum atomic E-state index is 13.0. The molecule has 1 aliphatic heterocycles. The lowest BCUT2D eigenvalue weighted by Gasteiger charge is -2.32. The number of piperidine rings is 1. The summed E-state index contributed by atoms with van der Waals surface area (Å²) in [5, 5.41) is 5.80. The van der Waals surface area contributed by atoms with E-state index in [9.17, 15) is 4.79 Å². The molecular weight excluding hydrogens is 342 g/mol. The Labute approximate surface area is 158 Å². The normalized spacial score (nSPS) is 17.8. The van der Waals surface area contributed by atoms with Crippen molar-refractivity contribution in [2.45, 2.75) is 39.7 Å². The van der Waals surface area contributed by atoms with Crippen LogP contribution in [0.2, 0.25) is 0 Å². The number of carbonyl (C=O) groups is 1. The number of hydrogen-bond acceptors (Lipinski definition) is 3. The monoisotopic (exact) mass is 367 g/mol. The van der Waals surface area contributed by atoms with Gasteiger partial charge < -0.3 is 4.90 Å². The van der Waals surface area contributed by atoms with E-state index in [0.717, 1.165) is 53.3 Å². The van der Waals surface area contributed by atoms with Gasteiger partial charge in [0.25, 0.3) is 5.91 Å². The molecule has 0 radical (unpaired) electrons. The third-order valence-corrected chi connectivity index (χ3v) is 6.51. The maximum Gasteiger partial charge on any atom is 0.264 e. The van der Waals surface area contributed by atoms with Gasteiger partial charge in [-0.25, -0.2) is 0 Å². The third-order valence-electron chi connectivity index (χ3n) is 5.38. The smallest absolute Gasteiger partial charge is 0.264 e. The van der Waals surface area contributed by atoms with Gasteiger partial charge in [-0.2, -0.15) is 5.10 Å². The summed E-state index contributed by atoms with van der Waals surface area (Å²) in [6.07, 6.45) is 3.52. The van der Waals surface area contributed by atoms with Crippen molar-refractivity contribution in [1.29, 1.82) is 0 Å². The summed E-state index contributed by atoms with van der Waals surface area (Å²) >= 11 is 1.58. The SMILES string of the molecule is CCC1CCCN(C(=O)c2cc3c(C)nn(Cc4ccccc4)c3s2)C1. The van der Waals surface area contributed by atoms with E-state index in [1.54, 1.807) is 11.3 Å². The topological polar surface area (TPSA) is 38.1 Å². The Hall–Kier alpha value is -2.14. The van der Waals surface area contributed by atoms with Crippen LogP contribution in [0.25, 0.3) is 10.2 Å². The quantitative estimate of drug-likeness (QED) is 0.669. The summed E-state index contributed by atoms with van der Waals surface area (Å²) in [7, 11) is 0. The molecule has 4 rings (SSSR count). The van der Waals surface area contributed by atoms with Crippen LogP contribution in [0, 0.1) is 12.8 Å². The van der Waals surface area contributed by atoms with Gasteiger partial charge in [-0.15, -0.1) is 11.3 Å². The first kappa shape index (κ1) is 17.3. The first-order chi connectivity index (χ1) is 12.7. The van der Waals surface area contributed by atoms with Crippen molar-refractivity contribution in [3.63, 3.8) is 0 Å². The Morgan fingerprint density at radius 3 is 2.88 bits per heavy atom. The van der Waals surface area contributed by atoms with E-state index in [1.165, 1.54) is 12.0 Å². The number of amides is 1. The Bertz CT molecular complexity index is 912. The predicted octanol–water partition coefficient (Wildman–Crippen LogP) is 4.72. The Morgan fingerprint density at radius 2 is 2.12 bits per heavy atom. The van der Waals surface area contributed by atoms with E-state index >= 15 is 0 Å². The Kier molecular flexibility index (Phi) is 4.81. The van der Waals surface area contributed by atoms with E-state index < -0.39 is 0 Å². The molecule has 1 aromatic carbocycles. The van der Waals surface area contributed by atoms with Crippen LogP contribution in [0.15, 0.2) is 36.4 Å². The van der Waals surface area contributed by atoms with Crippen LogP contribution in [-0.4, -0.2) is 33.7 Å². The molecule has 0 spiro atoms. The van der Waals surface area contributed by atoms with Crippen molar-refractivity contribution in [3.05, 3.63) is 52.5 Å². The number of nitrogens with zero attached hydrogens (tertiary/aromatic N) is 3. The molecular formula is C21H25N3OS. The molecule has 1 aliphatic rings. The number of thiophene rings is 1. The van der Waals surface area contributed by atoms with Crippen LogP contribution in [0.5, 0.6) is 0 Å². The minimum atomic E-state index is 0.190. The lowest BCUT2D eigenvalue weighted by molar-refractivity contribution is 0.0676. The number of fused-ring (bicyclic) bond motifs is 1. The zero-order chi connectivity index (χ0) is 18.1. The van der Waals surface area contributed by atoms with Crippen LogP contribution in [-0.2, 0) is 6.54 Å². The van der Waals surface area contributed by atoms with Gasteiger partial charge in [0.1, 0.15) is 4.83 Å². The summed E-state index contributed by atoms with van der Waals surface area (Å²) in [6.45, 7) is 6.77. The fraction of sp³-hybridized carbons (Fsp3) is 0.429. The molecule has 1 amide bonds. The molecule has 1 saturated heterocycles. The maximum absolute atomic E-state index is 13.0. The van der Waals surface area contributed by atoms with Crippen LogP contribution >= 0.6 is 11.3 Å². The average molecular weight is 368 g/mol. The van der Waals surface area contributed by atoms with Gasteiger partial charge in [0.2, 0.25) is 0 Å². The van der Waals surface area contributed by atoms with Gasteiger partial charge >= 0.3 is 0 Å². The van der Waals surface area contributed by atoms with Crippen molar-refractivity contribution in [3.8, 4) is 0 Å². The highest BCUT2D eigenvalue weighted by molar-refractivity contribution is 7.20. The van der Waals surface area contributed by atoms with Crippen molar-refractivity contribution in [2.24, 2.45) is 5.92 Å². The molecule has 0 aliphatic carbocycles. The number of aromatic nitrogens is 2. The molecule has 0 N–H and O–H groups in total. The number of likely N-dealkylation sites (tertiary alicyclic amines) is 1. The van der Waals surface area contributed by atoms with Crippen molar-refractivity contribution >= 4 is 27.5 Å². The molecule has 3 heterocycles. The molecule has 1 fully saturated rings. The summed E-state index contributed by atoms with van der Waals surface area (Å²) in [4.78, 5) is 17.0. The van der Waals surface area contributed by atoms with Gasteiger partial charge in [0, 0.05) is 18.5 Å². The minimum absolute atomic E-state index is 0.190. The van der Waals surface area contributed by atoms with Gasteiger partial charge in [-0.1, -0.05) is 43.7 Å². The molecule has 0 saturated carbocycles. The van der Waals surface area contributed by atoms with E-state index in [1.807, 2.05) is 40.8 Å². The van der Waals surface area contributed by atoms with Crippen LogP contribution in [0.1, 0.15) is 47.1 Å². The highest BCUT2D eigenvalue weighted by atomic mass is 32.1. The molecule has 4 nitrogen and oxygen atoms in total. The highest BCUT2D eigenvalue weighted by Gasteiger charge is 2.25. The predicted molar refractivity (Wildman–Crippen MR) is 107 cm³/mol.